The van der Waals surface area contributed by atoms with E-state index in [0.717, 1.165) is 31.6 Å². The lowest BCUT2D eigenvalue weighted by Gasteiger charge is -2.12. The summed E-state index contributed by atoms with van der Waals surface area (Å²) in [5, 5.41) is 13.4. The molecule has 0 spiro atoms. The van der Waals surface area contributed by atoms with E-state index in [4.69, 9.17) is 17.3 Å². The first-order chi connectivity index (χ1) is 13.2. The predicted octanol–water partition coefficient (Wildman–Crippen LogP) is 6.21. The van der Waals surface area contributed by atoms with Crippen molar-refractivity contribution in [1.82, 2.24) is 0 Å². The van der Waals surface area contributed by atoms with Gasteiger partial charge in [0, 0.05) is 6.54 Å². The Morgan fingerprint density at radius 3 is 2.11 bits per heavy atom. The van der Waals surface area contributed by atoms with E-state index in [2.05, 4.69) is 25.2 Å². The van der Waals surface area contributed by atoms with E-state index in [0.29, 0.717) is 16.5 Å². The van der Waals surface area contributed by atoms with Crippen LogP contribution in [0.4, 0.5) is 11.5 Å². The molecule has 0 radical (unpaired) electrons. The van der Waals surface area contributed by atoms with Gasteiger partial charge in [0.2, 0.25) is 5.15 Å². The minimum Gasteiger partial charge on any atom is -0.384 e. The molecule has 5 heteroatoms. The van der Waals surface area contributed by atoms with Crippen molar-refractivity contribution in [3.63, 3.8) is 0 Å². The highest BCUT2D eigenvalue weighted by Gasteiger charge is 2.19. The standard InChI is InChI=1S/C22H37ClN4/c1-3-5-7-9-11-13-15-26-20-17-21(25)27(22(23)19(20)18-24)16-14-12-10-8-6-4-2/h17H,3-16H2,1-2H3,(H2,25,26)/p+1. The predicted molar refractivity (Wildman–Crippen MR) is 116 cm³/mol. The number of aromatic nitrogens is 1. The van der Waals surface area contributed by atoms with Crippen LogP contribution < -0.4 is 15.6 Å². The summed E-state index contributed by atoms with van der Waals surface area (Å²) in [5.41, 5.74) is 7.48. The van der Waals surface area contributed by atoms with Crippen molar-refractivity contribution in [3.05, 3.63) is 16.8 Å². The Bertz CT molecular complexity index is 581. The third kappa shape index (κ3) is 8.84. The second kappa shape index (κ2) is 14.6. The Balaban J connectivity index is 2.54. The molecule has 0 unspecified atom stereocenters. The van der Waals surface area contributed by atoms with E-state index in [1.807, 2.05) is 10.6 Å². The summed E-state index contributed by atoms with van der Waals surface area (Å²) in [6, 6.07) is 4.11. The molecule has 0 aliphatic rings. The Morgan fingerprint density at radius 1 is 0.963 bits per heavy atom. The molecule has 1 rings (SSSR count). The molecule has 27 heavy (non-hydrogen) atoms. The number of nitrogens with zero attached hydrogens (tertiary/aromatic N) is 2. The lowest BCUT2D eigenvalue weighted by molar-refractivity contribution is -0.681. The van der Waals surface area contributed by atoms with Crippen LogP contribution >= 0.6 is 11.6 Å². The maximum atomic E-state index is 9.55. The zero-order valence-corrected chi connectivity index (χ0v) is 18.1. The SMILES string of the molecule is CCCCCCCCNc1cc(N)[n+](CCCCCCCC)c(Cl)c1C#N. The normalized spacial score (nSPS) is 10.7. The molecular formula is C22H38ClN4+. The number of nitrogens with two attached hydrogens (primary N) is 1. The lowest BCUT2D eigenvalue weighted by atomic mass is 10.1. The van der Waals surface area contributed by atoms with E-state index in [-0.39, 0.29) is 0 Å². The first-order valence-electron chi connectivity index (χ1n) is 10.8. The fourth-order valence-electron chi connectivity index (χ4n) is 3.31. The van der Waals surface area contributed by atoms with Crippen molar-refractivity contribution in [2.75, 3.05) is 17.6 Å². The van der Waals surface area contributed by atoms with Gasteiger partial charge in [0.25, 0.3) is 5.82 Å². The number of nitrogen functional groups attached to an aromatic ring is 1. The third-order valence-corrected chi connectivity index (χ3v) is 5.40. The summed E-state index contributed by atoms with van der Waals surface area (Å²) in [7, 11) is 0. The first-order valence-corrected chi connectivity index (χ1v) is 11.2. The Kier molecular flexibility index (Phi) is 12.7. The number of rotatable bonds is 15. The smallest absolute Gasteiger partial charge is 0.275 e. The van der Waals surface area contributed by atoms with E-state index in [1.165, 1.54) is 64.2 Å². The van der Waals surface area contributed by atoms with Crippen LogP contribution in [0.3, 0.4) is 0 Å². The number of anilines is 2. The van der Waals surface area contributed by atoms with Gasteiger partial charge in [0.05, 0.1) is 18.3 Å². The summed E-state index contributed by atoms with van der Waals surface area (Å²) in [6.07, 6.45) is 14.8. The fraction of sp³-hybridized carbons (Fsp3) is 0.727. The molecule has 0 amide bonds. The number of hydrogen-bond donors (Lipinski definition) is 2. The number of nitriles is 1. The van der Waals surface area contributed by atoms with Gasteiger partial charge in [-0.3, -0.25) is 5.73 Å². The van der Waals surface area contributed by atoms with Crippen molar-refractivity contribution in [3.8, 4) is 6.07 Å². The molecule has 1 aromatic rings. The van der Waals surface area contributed by atoms with Crippen LogP contribution in [-0.4, -0.2) is 6.54 Å². The highest BCUT2D eigenvalue weighted by Crippen LogP contribution is 2.23. The van der Waals surface area contributed by atoms with Crippen LogP contribution in [0.5, 0.6) is 0 Å². The van der Waals surface area contributed by atoms with Crippen molar-refractivity contribution < 1.29 is 4.57 Å². The van der Waals surface area contributed by atoms with Gasteiger partial charge in [-0.2, -0.15) is 5.26 Å². The van der Waals surface area contributed by atoms with Crippen LogP contribution in [-0.2, 0) is 6.54 Å². The van der Waals surface area contributed by atoms with Crippen LogP contribution in [0.1, 0.15) is 96.5 Å². The largest absolute Gasteiger partial charge is 0.384 e. The topological polar surface area (TPSA) is 65.7 Å². The van der Waals surface area contributed by atoms with Crippen LogP contribution in [0.25, 0.3) is 0 Å². The molecule has 0 saturated carbocycles. The molecule has 0 fully saturated rings. The van der Waals surface area contributed by atoms with Crippen LogP contribution in [0, 0.1) is 11.3 Å². The Labute approximate surface area is 171 Å². The zero-order valence-electron chi connectivity index (χ0n) is 17.3. The van der Waals surface area contributed by atoms with Gasteiger partial charge >= 0.3 is 0 Å². The summed E-state index contributed by atoms with van der Waals surface area (Å²) >= 11 is 6.50. The van der Waals surface area contributed by atoms with E-state index in [9.17, 15) is 5.26 Å². The molecule has 0 aliphatic carbocycles. The highest BCUT2D eigenvalue weighted by atomic mass is 35.5. The summed E-state index contributed by atoms with van der Waals surface area (Å²) in [4.78, 5) is 0. The summed E-state index contributed by atoms with van der Waals surface area (Å²) < 4.78 is 1.87. The molecular weight excluding hydrogens is 356 g/mol. The van der Waals surface area contributed by atoms with Gasteiger partial charge in [-0.15, -0.1) is 0 Å². The van der Waals surface area contributed by atoms with Gasteiger partial charge in [-0.05, 0) is 30.9 Å². The molecule has 4 nitrogen and oxygen atoms in total. The van der Waals surface area contributed by atoms with E-state index < -0.39 is 0 Å². The second-order valence-electron chi connectivity index (χ2n) is 7.37. The Hall–Kier alpha value is -1.47. The molecule has 0 aliphatic heterocycles. The van der Waals surface area contributed by atoms with Gasteiger partial charge in [-0.1, -0.05) is 71.6 Å². The van der Waals surface area contributed by atoms with Crippen molar-refractivity contribution in [1.29, 1.82) is 5.26 Å². The average Bonchev–Trinajstić information content (AvgIpc) is 2.66. The first kappa shape index (κ1) is 23.6. The van der Waals surface area contributed by atoms with Crippen molar-refractivity contribution in [2.24, 2.45) is 0 Å². The highest BCUT2D eigenvalue weighted by molar-refractivity contribution is 6.30. The molecule has 1 heterocycles. The average molecular weight is 394 g/mol. The fourth-order valence-corrected chi connectivity index (χ4v) is 3.64. The van der Waals surface area contributed by atoms with E-state index >= 15 is 0 Å². The molecule has 152 valence electrons. The van der Waals surface area contributed by atoms with Crippen LogP contribution in [0.2, 0.25) is 5.15 Å². The molecule has 0 bridgehead atoms. The summed E-state index contributed by atoms with van der Waals surface area (Å²) in [5.74, 6) is 0.623. The Morgan fingerprint density at radius 2 is 1.52 bits per heavy atom. The lowest BCUT2D eigenvalue weighted by Crippen LogP contribution is -2.39. The molecule has 0 atom stereocenters. The minimum atomic E-state index is 0.455. The van der Waals surface area contributed by atoms with Gasteiger partial charge in [0.15, 0.2) is 0 Å². The molecule has 0 aromatic carbocycles. The number of hydrogen-bond acceptors (Lipinski definition) is 3. The van der Waals surface area contributed by atoms with Crippen LogP contribution in [0.15, 0.2) is 6.07 Å². The van der Waals surface area contributed by atoms with Gasteiger partial charge in [0.1, 0.15) is 11.6 Å². The van der Waals surface area contributed by atoms with Crippen molar-refractivity contribution in [2.45, 2.75) is 97.4 Å². The van der Waals surface area contributed by atoms with Gasteiger partial charge < -0.3 is 5.32 Å². The number of halogens is 1. The monoisotopic (exact) mass is 393 g/mol. The third-order valence-electron chi connectivity index (χ3n) is 5.01. The summed E-state index contributed by atoms with van der Waals surface area (Å²) in [6.45, 7) is 6.07. The van der Waals surface area contributed by atoms with E-state index in [1.54, 1.807) is 0 Å². The number of pyridine rings is 1. The quantitative estimate of drug-likeness (QED) is 0.211. The minimum absolute atomic E-state index is 0.455. The molecule has 3 N–H and O–H groups in total. The molecule has 1 aromatic heterocycles. The molecule has 0 saturated heterocycles. The van der Waals surface area contributed by atoms with Crippen molar-refractivity contribution >= 4 is 23.1 Å². The number of unbranched alkanes of at least 4 members (excludes halogenated alkanes) is 10. The maximum Gasteiger partial charge on any atom is 0.275 e. The second-order valence-corrected chi connectivity index (χ2v) is 7.73. The number of nitrogens with one attached hydrogen (secondary N) is 1. The van der Waals surface area contributed by atoms with Gasteiger partial charge in [-0.25, -0.2) is 4.57 Å². The maximum absolute atomic E-state index is 9.55. The zero-order chi connectivity index (χ0) is 19.9.